The van der Waals surface area contributed by atoms with E-state index in [0.29, 0.717) is 19.2 Å². The predicted octanol–water partition coefficient (Wildman–Crippen LogP) is 4.15. The Hall–Kier alpha value is -3.14. The first-order valence-corrected chi connectivity index (χ1v) is 10.4. The van der Waals surface area contributed by atoms with Crippen LogP contribution in [0.15, 0.2) is 48.5 Å². The molecule has 0 atom stereocenters. The molecule has 1 amide bonds. The second-order valence-corrected chi connectivity index (χ2v) is 7.66. The molecule has 0 aliphatic carbocycles. The maximum atomic E-state index is 12.8. The number of alkyl halides is 3. The monoisotopic (exact) mass is 450 g/mol. The van der Waals surface area contributed by atoms with E-state index in [0.717, 1.165) is 38.2 Å². The van der Waals surface area contributed by atoms with Crippen LogP contribution in [0.5, 0.6) is 0 Å². The van der Waals surface area contributed by atoms with E-state index in [4.69, 9.17) is 0 Å². The molecule has 2 aromatic carbocycles. The quantitative estimate of drug-likeness (QED) is 0.507. The van der Waals surface area contributed by atoms with Crippen molar-refractivity contribution in [3.63, 3.8) is 0 Å². The van der Waals surface area contributed by atoms with Crippen LogP contribution in [0.3, 0.4) is 0 Å². The van der Waals surface area contributed by atoms with E-state index in [2.05, 4.69) is 22.3 Å². The first-order chi connectivity index (χ1) is 15.2. The van der Waals surface area contributed by atoms with Crippen LogP contribution in [0.2, 0.25) is 0 Å². The topological polar surface area (TPSA) is 78.7 Å². The first kappa shape index (κ1) is 23.5. The van der Waals surface area contributed by atoms with E-state index < -0.39 is 22.4 Å². The summed E-state index contributed by atoms with van der Waals surface area (Å²) in [6.45, 7) is 3.76. The number of nitro benzene ring substituents is 1. The summed E-state index contributed by atoms with van der Waals surface area (Å²) in [6, 6.07) is 12.4. The molecule has 1 aliphatic rings. The fourth-order valence-corrected chi connectivity index (χ4v) is 3.69. The molecule has 1 saturated heterocycles. The Labute approximate surface area is 184 Å². The number of carbonyl (C=O) groups excluding carboxylic acids is 1. The minimum atomic E-state index is -4.67. The Morgan fingerprint density at radius 2 is 1.81 bits per heavy atom. The summed E-state index contributed by atoms with van der Waals surface area (Å²) in [5.41, 5.74) is -0.579. The van der Waals surface area contributed by atoms with Crippen LogP contribution in [-0.2, 0) is 17.5 Å². The van der Waals surface area contributed by atoms with Crippen molar-refractivity contribution in [2.45, 2.75) is 25.6 Å². The number of benzene rings is 2. The van der Waals surface area contributed by atoms with Gasteiger partial charge < -0.3 is 10.2 Å². The number of hydrogen-bond acceptors (Lipinski definition) is 5. The van der Waals surface area contributed by atoms with E-state index in [9.17, 15) is 28.1 Å². The third-order valence-electron chi connectivity index (χ3n) is 5.37. The molecule has 7 nitrogen and oxygen atoms in total. The van der Waals surface area contributed by atoms with Gasteiger partial charge in [0.1, 0.15) is 5.69 Å². The Balaban J connectivity index is 1.51. The summed E-state index contributed by atoms with van der Waals surface area (Å²) >= 11 is 0. The molecule has 172 valence electrons. The summed E-state index contributed by atoms with van der Waals surface area (Å²) < 4.78 is 38.4. The van der Waals surface area contributed by atoms with Crippen molar-refractivity contribution in [3.05, 3.63) is 69.8 Å². The van der Waals surface area contributed by atoms with Gasteiger partial charge in [0.05, 0.1) is 10.5 Å². The molecule has 0 radical (unpaired) electrons. The molecule has 0 saturated carbocycles. The van der Waals surface area contributed by atoms with E-state index in [-0.39, 0.29) is 24.6 Å². The first-order valence-electron chi connectivity index (χ1n) is 10.4. The van der Waals surface area contributed by atoms with E-state index >= 15 is 0 Å². The maximum absolute atomic E-state index is 12.8. The molecular formula is C22H25F3N4O3. The van der Waals surface area contributed by atoms with Crippen molar-refractivity contribution < 1.29 is 22.9 Å². The summed E-state index contributed by atoms with van der Waals surface area (Å²) in [4.78, 5) is 27.0. The van der Waals surface area contributed by atoms with Gasteiger partial charge in [-0.15, -0.1) is 0 Å². The molecule has 1 fully saturated rings. The minimum Gasteiger partial charge on any atom is -0.379 e. The Bertz CT molecular complexity index is 938. The Morgan fingerprint density at radius 3 is 2.50 bits per heavy atom. The number of hydrogen-bond donors (Lipinski definition) is 1. The van der Waals surface area contributed by atoms with Crippen LogP contribution >= 0.6 is 0 Å². The lowest BCUT2D eigenvalue weighted by Gasteiger charge is -2.22. The molecule has 1 aliphatic heterocycles. The molecule has 0 spiro atoms. The lowest BCUT2D eigenvalue weighted by molar-refractivity contribution is -0.384. The summed E-state index contributed by atoms with van der Waals surface area (Å²) in [5.74, 6) is -0.0892. The fraction of sp³-hybridized carbons (Fsp3) is 0.409. The normalized spacial score (nSPS) is 15.3. The van der Waals surface area contributed by atoms with Crippen molar-refractivity contribution in [2.24, 2.45) is 0 Å². The lowest BCUT2D eigenvalue weighted by atomic mass is 10.1. The number of halogens is 3. The van der Waals surface area contributed by atoms with Gasteiger partial charge in [0.15, 0.2) is 0 Å². The molecule has 0 unspecified atom stereocenters. The van der Waals surface area contributed by atoms with Crippen molar-refractivity contribution >= 4 is 17.3 Å². The number of carbonyl (C=O) groups is 1. The summed E-state index contributed by atoms with van der Waals surface area (Å²) in [5, 5.41) is 13.9. The van der Waals surface area contributed by atoms with Gasteiger partial charge in [0.25, 0.3) is 5.69 Å². The van der Waals surface area contributed by atoms with Crippen LogP contribution in [0.4, 0.5) is 24.5 Å². The number of rotatable bonds is 7. The van der Waals surface area contributed by atoms with E-state index in [1.807, 2.05) is 18.2 Å². The molecule has 32 heavy (non-hydrogen) atoms. The summed E-state index contributed by atoms with van der Waals surface area (Å²) in [7, 11) is 0. The van der Waals surface area contributed by atoms with Crippen LogP contribution in [0.25, 0.3) is 0 Å². The highest BCUT2D eigenvalue weighted by molar-refractivity contribution is 5.77. The van der Waals surface area contributed by atoms with Gasteiger partial charge in [-0.2, -0.15) is 13.2 Å². The molecule has 3 rings (SSSR count). The summed E-state index contributed by atoms with van der Waals surface area (Å²) in [6.07, 6.45) is -3.73. The van der Waals surface area contributed by atoms with Crippen molar-refractivity contribution in [3.8, 4) is 0 Å². The van der Waals surface area contributed by atoms with Crippen molar-refractivity contribution in [1.29, 1.82) is 0 Å². The number of nitro groups is 1. The second-order valence-electron chi connectivity index (χ2n) is 7.66. The zero-order valence-corrected chi connectivity index (χ0v) is 17.5. The number of anilines is 1. The van der Waals surface area contributed by atoms with Crippen LogP contribution in [0.1, 0.15) is 24.0 Å². The minimum absolute atomic E-state index is 0.0410. The van der Waals surface area contributed by atoms with Gasteiger partial charge in [-0.25, -0.2) is 0 Å². The van der Waals surface area contributed by atoms with Crippen molar-refractivity contribution in [1.82, 2.24) is 9.80 Å². The zero-order valence-electron chi connectivity index (χ0n) is 17.5. The third-order valence-corrected chi connectivity index (χ3v) is 5.37. The average molecular weight is 450 g/mol. The van der Waals surface area contributed by atoms with E-state index in [1.54, 1.807) is 4.90 Å². The number of nitrogens with zero attached hydrogens (tertiary/aromatic N) is 3. The average Bonchev–Trinajstić information content (AvgIpc) is 2.99. The molecule has 0 aromatic heterocycles. The Kier molecular flexibility index (Phi) is 7.68. The largest absolute Gasteiger partial charge is 0.416 e. The molecule has 0 bridgehead atoms. The van der Waals surface area contributed by atoms with Gasteiger partial charge in [-0.3, -0.25) is 19.8 Å². The van der Waals surface area contributed by atoms with Gasteiger partial charge in [-0.05, 0) is 24.1 Å². The molecule has 1 heterocycles. The van der Waals surface area contributed by atoms with Gasteiger partial charge in [-0.1, -0.05) is 30.3 Å². The number of amides is 1. The SMILES string of the molecule is O=C(CCNc1ccc(C(F)(F)F)cc1[N+](=O)[O-])N1CCCN(Cc2ccccc2)CC1. The maximum Gasteiger partial charge on any atom is 0.416 e. The zero-order chi connectivity index (χ0) is 23.1. The Morgan fingerprint density at radius 1 is 1.06 bits per heavy atom. The smallest absolute Gasteiger partial charge is 0.379 e. The predicted molar refractivity (Wildman–Crippen MR) is 114 cm³/mol. The van der Waals surface area contributed by atoms with Gasteiger partial charge in [0.2, 0.25) is 5.91 Å². The van der Waals surface area contributed by atoms with Crippen LogP contribution in [-0.4, -0.2) is 53.4 Å². The van der Waals surface area contributed by atoms with Crippen LogP contribution < -0.4 is 5.32 Å². The van der Waals surface area contributed by atoms with Crippen LogP contribution in [0, 0.1) is 10.1 Å². The fourth-order valence-electron chi connectivity index (χ4n) is 3.69. The molecule has 1 N–H and O–H groups in total. The molecule has 10 heteroatoms. The third kappa shape index (κ3) is 6.43. The lowest BCUT2D eigenvalue weighted by Crippen LogP contribution is -2.35. The standard InChI is InChI=1S/C22H25F3N4O3/c23-22(24,25)18-7-8-19(20(15-18)29(31)32)26-10-9-21(30)28-12-4-11-27(13-14-28)16-17-5-2-1-3-6-17/h1-3,5-8,15,26H,4,9-14,16H2. The highest BCUT2D eigenvalue weighted by Crippen LogP contribution is 2.34. The highest BCUT2D eigenvalue weighted by Gasteiger charge is 2.33. The highest BCUT2D eigenvalue weighted by atomic mass is 19.4. The van der Waals surface area contributed by atoms with Gasteiger partial charge in [0, 0.05) is 51.8 Å². The second kappa shape index (κ2) is 10.4. The number of nitrogens with one attached hydrogen (secondary N) is 1. The van der Waals surface area contributed by atoms with E-state index in [1.165, 1.54) is 5.56 Å². The van der Waals surface area contributed by atoms with Gasteiger partial charge >= 0.3 is 6.18 Å². The van der Waals surface area contributed by atoms with Crippen molar-refractivity contribution in [2.75, 3.05) is 38.0 Å². The molecular weight excluding hydrogens is 425 g/mol. The molecule has 2 aromatic rings.